The average molecular weight is 410 g/mol. The molecule has 0 radical (unpaired) electrons. The summed E-state index contributed by atoms with van der Waals surface area (Å²) < 4.78 is 12.2. The Bertz CT molecular complexity index is 1280. The molecule has 3 aromatic heterocycles. The van der Waals surface area contributed by atoms with Gasteiger partial charge in [0.15, 0.2) is 5.82 Å². The van der Waals surface area contributed by atoms with E-state index in [0.717, 1.165) is 5.56 Å². The van der Waals surface area contributed by atoms with Crippen molar-refractivity contribution >= 4 is 28.5 Å². The highest BCUT2D eigenvalue weighted by atomic mass is 35.5. The van der Waals surface area contributed by atoms with Gasteiger partial charge in [-0.2, -0.15) is 5.10 Å². The molecule has 0 saturated heterocycles. The molecule has 0 atom stereocenters. The zero-order valence-electron chi connectivity index (χ0n) is 15.7. The summed E-state index contributed by atoms with van der Waals surface area (Å²) in [5, 5.41) is 5.37. The molecule has 3 heterocycles. The predicted molar refractivity (Wildman–Crippen MR) is 107 cm³/mol. The summed E-state index contributed by atoms with van der Waals surface area (Å²) >= 11 is 6.20. The maximum atomic E-state index is 12.6. The first-order chi connectivity index (χ1) is 13.9. The van der Waals surface area contributed by atoms with Crippen molar-refractivity contribution in [2.75, 3.05) is 0 Å². The van der Waals surface area contributed by atoms with E-state index >= 15 is 0 Å². The first kappa shape index (κ1) is 18.9. The Morgan fingerprint density at radius 2 is 2.07 bits per heavy atom. The molecule has 0 N–H and O–H groups in total. The topological polar surface area (TPSA) is 87.2 Å². The Labute approximate surface area is 170 Å². The lowest BCUT2D eigenvalue weighted by Gasteiger charge is -2.09. The lowest BCUT2D eigenvalue weighted by Crippen LogP contribution is -2.09. The van der Waals surface area contributed by atoms with Crippen LogP contribution >= 0.6 is 11.6 Å². The number of aromatic nitrogens is 3. The molecule has 4 rings (SSSR count). The molecule has 0 saturated carbocycles. The summed E-state index contributed by atoms with van der Waals surface area (Å²) in [6.45, 7) is 3.47. The summed E-state index contributed by atoms with van der Waals surface area (Å²) in [5.74, 6) is 0.0463. The van der Waals surface area contributed by atoms with E-state index in [1.807, 2.05) is 13.0 Å². The molecule has 0 aliphatic heterocycles. The highest BCUT2D eigenvalue weighted by molar-refractivity contribution is 6.32. The number of nitrogens with zero attached hydrogens (tertiary/aromatic N) is 3. The molecule has 0 amide bonds. The molecule has 29 heavy (non-hydrogen) atoms. The van der Waals surface area contributed by atoms with Crippen molar-refractivity contribution < 1.29 is 13.9 Å². The second-order valence-electron chi connectivity index (χ2n) is 6.51. The molecule has 0 unspecified atom stereocenters. The molecule has 146 valence electrons. The number of ether oxygens (including phenoxy) is 1. The first-order valence-corrected chi connectivity index (χ1v) is 9.18. The van der Waals surface area contributed by atoms with Crippen LogP contribution in [0.4, 0.5) is 0 Å². The molecule has 0 spiro atoms. The Hall–Kier alpha value is -3.45. The fourth-order valence-electron chi connectivity index (χ4n) is 3.01. The van der Waals surface area contributed by atoms with Gasteiger partial charge in [-0.25, -0.2) is 19.3 Å². The second kappa shape index (κ2) is 7.52. The normalized spacial score (nSPS) is 11.0. The number of rotatable bonds is 4. The van der Waals surface area contributed by atoms with Crippen LogP contribution in [0.25, 0.3) is 16.8 Å². The SMILES string of the molecule is Cc1cc2oc(=O)cc(COC(=O)c3cnn(-c4ccccn4)c3C)c2cc1Cl. The number of benzene rings is 1. The van der Waals surface area contributed by atoms with E-state index in [1.165, 1.54) is 12.3 Å². The number of pyridine rings is 1. The quantitative estimate of drug-likeness (QED) is 0.374. The van der Waals surface area contributed by atoms with Crippen LogP contribution in [0.1, 0.15) is 27.2 Å². The van der Waals surface area contributed by atoms with E-state index in [-0.39, 0.29) is 6.61 Å². The Morgan fingerprint density at radius 1 is 1.24 bits per heavy atom. The van der Waals surface area contributed by atoms with E-state index in [9.17, 15) is 9.59 Å². The number of fused-ring (bicyclic) bond motifs is 1. The number of carbonyl (C=O) groups excluding carboxylic acids is 1. The highest BCUT2D eigenvalue weighted by Crippen LogP contribution is 2.26. The van der Waals surface area contributed by atoms with Gasteiger partial charge in [-0.05, 0) is 43.7 Å². The van der Waals surface area contributed by atoms with Gasteiger partial charge in [0.05, 0.1) is 11.9 Å². The molecule has 0 fully saturated rings. The summed E-state index contributed by atoms with van der Waals surface area (Å²) in [6.07, 6.45) is 3.08. The minimum absolute atomic E-state index is 0.103. The second-order valence-corrected chi connectivity index (χ2v) is 6.91. The zero-order valence-corrected chi connectivity index (χ0v) is 16.4. The summed E-state index contributed by atoms with van der Waals surface area (Å²) in [7, 11) is 0. The zero-order chi connectivity index (χ0) is 20.5. The van der Waals surface area contributed by atoms with E-state index in [1.54, 1.807) is 42.1 Å². The smallest absolute Gasteiger partial charge is 0.341 e. The standard InChI is InChI=1S/C21H16ClN3O4/c1-12-7-18-15(9-17(12)22)14(8-20(26)29-18)11-28-21(27)16-10-24-25(13(16)2)19-5-3-4-6-23-19/h3-10H,11H2,1-2H3. The average Bonchev–Trinajstić information content (AvgIpc) is 3.09. The Kier molecular flexibility index (Phi) is 4.90. The van der Waals surface area contributed by atoms with Crippen molar-refractivity contribution in [3.63, 3.8) is 0 Å². The third kappa shape index (κ3) is 3.64. The van der Waals surface area contributed by atoms with Crippen LogP contribution in [-0.2, 0) is 11.3 Å². The van der Waals surface area contributed by atoms with E-state index in [2.05, 4.69) is 10.1 Å². The van der Waals surface area contributed by atoms with Crippen molar-refractivity contribution in [3.8, 4) is 5.82 Å². The van der Waals surface area contributed by atoms with Crippen molar-refractivity contribution in [2.24, 2.45) is 0 Å². The van der Waals surface area contributed by atoms with Gasteiger partial charge in [0.25, 0.3) is 0 Å². The molecule has 4 aromatic rings. The Morgan fingerprint density at radius 3 is 2.83 bits per heavy atom. The van der Waals surface area contributed by atoms with Gasteiger partial charge in [0, 0.05) is 28.2 Å². The fraction of sp³-hybridized carbons (Fsp3) is 0.143. The van der Waals surface area contributed by atoms with Crippen molar-refractivity contribution in [2.45, 2.75) is 20.5 Å². The molecule has 0 aliphatic carbocycles. The number of aryl methyl sites for hydroxylation is 1. The monoisotopic (exact) mass is 409 g/mol. The van der Waals surface area contributed by atoms with E-state index in [0.29, 0.717) is 38.6 Å². The Balaban J connectivity index is 1.60. The van der Waals surface area contributed by atoms with Gasteiger partial charge >= 0.3 is 11.6 Å². The number of esters is 1. The number of hydrogen-bond acceptors (Lipinski definition) is 6. The van der Waals surface area contributed by atoms with Gasteiger partial charge in [-0.1, -0.05) is 17.7 Å². The van der Waals surface area contributed by atoms with E-state index in [4.69, 9.17) is 20.8 Å². The highest BCUT2D eigenvalue weighted by Gasteiger charge is 2.18. The number of carbonyl (C=O) groups is 1. The van der Waals surface area contributed by atoms with Gasteiger partial charge in [-0.3, -0.25) is 0 Å². The third-order valence-corrected chi connectivity index (χ3v) is 4.97. The molecule has 0 bridgehead atoms. The third-order valence-electron chi connectivity index (χ3n) is 4.56. The fourth-order valence-corrected chi connectivity index (χ4v) is 3.17. The summed E-state index contributed by atoms with van der Waals surface area (Å²) in [6, 6.07) is 10.1. The van der Waals surface area contributed by atoms with Gasteiger partial charge in [-0.15, -0.1) is 0 Å². The van der Waals surface area contributed by atoms with Gasteiger partial charge in [0.2, 0.25) is 0 Å². The van der Waals surface area contributed by atoms with Crippen LogP contribution in [0.5, 0.6) is 0 Å². The molecule has 7 nitrogen and oxygen atoms in total. The van der Waals surface area contributed by atoms with Crippen LogP contribution in [0, 0.1) is 13.8 Å². The molecule has 8 heteroatoms. The maximum Gasteiger partial charge on any atom is 0.341 e. The maximum absolute atomic E-state index is 12.6. The van der Waals surface area contributed by atoms with Gasteiger partial charge < -0.3 is 9.15 Å². The van der Waals surface area contributed by atoms with Crippen molar-refractivity contribution in [3.05, 3.63) is 86.6 Å². The van der Waals surface area contributed by atoms with Crippen molar-refractivity contribution in [1.29, 1.82) is 0 Å². The van der Waals surface area contributed by atoms with Crippen LogP contribution in [0.15, 0.2) is 58.0 Å². The molecular formula is C21H16ClN3O4. The first-order valence-electron chi connectivity index (χ1n) is 8.80. The lowest BCUT2D eigenvalue weighted by molar-refractivity contribution is 0.0473. The van der Waals surface area contributed by atoms with Crippen LogP contribution in [0.2, 0.25) is 5.02 Å². The largest absolute Gasteiger partial charge is 0.457 e. The molecule has 0 aliphatic rings. The lowest BCUT2D eigenvalue weighted by atomic mass is 10.1. The predicted octanol–water partition coefficient (Wildman–Crippen LogP) is 4.00. The van der Waals surface area contributed by atoms with Crippen LogP contribution in [0.3, 0.4) is 0 Å². The van der Waals surface area contributed by atoms with Gasteiger partial charge in [0.1, 0.15) is 17.8 Å². The minimum atomic E-state index is -0.552. The summed E-state index contributed by atoms with van der Waals surface area (Å²) in [4.78, 5) is 28.7. The number of hydrogen-bond donors (Lipinski definition) is 0. The van der Waals surface area contributed by atoms with Crippen LogP contribution in [-0.4, -0.2) is 20.7 Å². The minimum Gasteiger partial charge on any atom is -0.457 e. The van der Waals surface area contributed by atoms with E-state index < -0.39 is 11.6 Å². The molecule has 1 aromatic carbocycles. The number of halogens is 1. The molecular weight excluding hydrogens is 394 g/mol. The summed E-state index contributed by atoms with van der Waals surface area (Å²) in [5.41, 5.74) is 2.09. The van der Waals surface area contributed by atoms with Crippen molar-refractivity contribution in [1.82, 2.24) is 14.8 Å². The van der Waals surface area contributed by atoms with Crippen LogP contribution < -0.4 is 5.63 Å².